The summed E-state index contributed by atoms with van der Waals surface area (Å²) in [6, 6.07) is 20.0. The molecule has 0 spiro atoms. The smallest absolute Gasteiger partial charge is 0.0254 e. The molecule has 20 heavy (non-hydrogen) atoms. The van der Waals surface area contributed by atoms with Crippen LogP contribution in [0.1, 0.15) is 36.6 Å². The van der Waals surface area contributed by atoms with Crippen molar-refractivity contribution in [3.63, 3.8) is 0 Å². The second-order valence-electron chi connectivity index (χ2n) is 5.39. The van der Waals surface area contributed by atoms with E-state index < -0.39 is 0 Å². The van der Waals surface area contributed by atoms with E-state index in [9.17, 15) is 0 Å². The Kier molecular flexibility index (Phi) is 4.50. The van der Waals surface area contributed by atoms with Crippen LogP contribution >= 0.6 is 8.07 Å². The van der Waals surface area contributed by atoms with E-state index >= 15 is 0 Å². The van der Waals surface area contributed by atoms with Crippen molar-refractivity contribution in [2.75, 3.05) is 6.54 Å². The summed E-state index contributed by atoms with van der Waals surface area (Å²) in [6.45, 7) is 3.39. The zero-order valence-corrected chi connectivity index (χ0v) is 12.9. The van der Waals surface area contributed by atoms with Crippen molar-refractivity contribution in [2.24, 2.45) is 0 Å². The fraction of sp³-hybridized carbons (Fsp3) is 0.333. The summed E-state index contributed by atoms with van der Waals surface area (Å²) in [7, 11) is -0.262. The third kappa shape index (κ3) is 2.80. The van der Waals surface area contributed by atoms with Gasteiger partial charge in [0.25, 0.3) is 0 Å². The maximum absolute atomic E-state index is 3.85. The van der Waals surface area contributed by atoms with E-state index in [1.54, 1.807) is 5.30 Å². The molecule has 2 atom stereocenters. The quantitative estimate of drug-likeness (QED) is 0.633. The first-order valence-corrected chi connectivity index (χ1v) is 8.97. The molecule has 1 nitrogen and oxygen atoms in total. The van der Waals surface area contributed by atoms with Gasteiger partial charge in [0.1, 0.15) is 0 Å². The third-order valence-corrected chi connectivity index (χ3v) is 6.60. The molecule has 2 heteroatoms. The average molecular weight is 283 g/mol. The van der Waals surface area contributed by atoms with Gasteiger partial charge in [-0.2, -0.15) is 0 Å². The molecule has 0 aliphatic carbocycles. The number of unbranched alkanes of at least 4 members (excludes halogenated alkanes) is 1. The normalized spacial score (nSPS) is 20.9. The number of benzene rings is 2. The minimum Gasteiger partial charge on any atom is -0.292 e. The molecule has 1 aliphatic rings. The van der Waals surface area contributed by atoms with E-state index in [2.05, 4.69) is 66.6 Å². The third-order valence-electron chi connectivity index (χ3n) is 3.97. The average Bonchev–Trinajstić information content (AvgIpc) is 2.87. The van der Waals surface area contributed by atoms with E-state index in [1.165, 1.54) is 30.4 Å². The highest BCUT2D eigenvalue weighted by atomic mass is 31.1. The zero-order chi connectivity index (χ0) is 13.8. The van der Waals surface area contributed by atoms with Gasteiger partial charge in [-0.1, -0.05) is 67.9 Å². The molecular weight excluding hydrogens is 261 g/mol. The molecule has 0 aromatic heterocycles. The number of rotatable bonds is 5. The monoisotopic (exact) mass is 283 g/mol. The van der Waals surface area contributed by atoms with Crippen LogP contribution in [0.3, 0.4) is 0 Å². The first-order valence-electron chi connectivity index (χ1n) is 7.55. The SMILES string of the molecule is CCCCNP1c2ccccc2C[C@@H]1c1ccccc1. The van der Waals surface area contributed by atoms with Crippen LogP contribution in [-0.4, -0.2) is 6.54 Å². The van der Waals surface area contributed by atoms with Crippen molar-refractivity contribution >= 4 is 13.4 Å². The minimum absolute atomic E-state index is 0.262. The lowest BCUT2D eigenvalue weighted by molar-refractivity contribution is 0.766. The van der Waals surface area contributed by atoms with Gasteiger partial charge in [-0.05, 0) is 35.8 Å². The Labute approximate surface area is 123 Å². The summed E-state index contributed by atoms with van der Waals surface area (Å²) in [6.07, 6.45) is 3.71. The molecule has 0 fully saturated rings. The standard InChI is InChI=1S/C18H22NP/c1-2-3-13-19-20-17-12-8-7-11-16(17)14-18(20)15-9-5-4-6-10-15/h4-12,18-19H,2-3,13-14H2,1H3/t18-,20?/m1/s1. The highest BCUT2D eigenvalue weighted by Gasteiger charge is 2.32. The van der Waals surface area contributed by atoms with Gasteiger partial charge in [-0.3, -0.25) is 5.09 Å². The largest absolute Gasteiger partial charge is 0.292 e. The molecule has 104 valence electrons. The van der Waals surface area contributed by atoms with E-state index in [-0.39, 0.29) is 8.07 Å². The highest BCUT2D eigenvalue weighted by molar-refractivity contribution is 7.64. The predicted octanol–water partition coefficient (Wildman–Crippen LogP) is 4.40. The maximum Gasteiger partial charge on any atom is 0.0254 e. The Hall–Kier alpha value is -1.17. The first-order chi connectivity index (χ1) is 9.90. The predicted molar refractivity (Wildman–Crippen MR) is 88.8 cm³/mol. The molecule has 0 amide bonds. The van der Waals surface area contributed by atoms with E-state index in [0.717, 1.165) is 6.54 Å². The van der Waals surface area contributed by atoms with Crippen molar-refractivity contribution in [1.82, 2.24) is 5.09 Å². The van der Waals surface area contributed by atoms with E-state index in [0.29, 0.717) is 5.66 Å². The number of hydrogen-bond donors (Lipinski definition) is 1. The molecule has 3 rings (SSSR count). The lowest BCUT2D eigenvalue weighted by Gasteiger charge is -2.22. The molecule has 0 bridgehead atoms. The highest BCUT2D eigenvalue weighted by Crippen LogP contribution is 2.54. The summed E-state index contributed by atoms with van der Waals surface area (Å²) in [5, 5.41) is 5.41. The fourth-order valence-corrected chi connectivity index (χ4v) is 5.60. The zero-order valence-electron chi connectivity index (χ0n) is 12.0. The van der Waals surface area contributed by atoms with Crippen molar-refractivity contribution in [3.05, 3.63) is 65.7 Å². The lowest BCUT2D eigenvalue weighted by Crippen LogP contribution is -2.17. The Morgan fingerprint density at radius 1 is 1.05 bits per heavy atom. The first kappa shape index (κ1) is 13.8. The lowest BCUT2D eigenvalue weighted by atomic mass is 10.0. The fourth-order valence-electron chi connectivity index (χ4n) is 2.90. The molecule has 2 aromatic carbocycles. The second-order valence-corrected chi connectivity index (χ2v) is 7.55. The van der Waals surface area contributed by atoms with Crippen molar-refractivity contribution in [2.45, 2.75) is 31.8 Å². The molecule has 1 heterocycles. The van der Waals surface area contributed by atoms with Crippen LogP contribution in [-0.2, 0) is 6.42 Å². The Morgan fingerprint density at radius 2 is 1.80 bits per heavy atom. The van der Waals surface area contributed by atoms with Gasteiger partial charge in [-0.15, -0.1) is 0 Å². The van der Waals surface area contributed by atoms with Crippen LogP contribution in [0.25, 0.3) is 0 Å². The molecule has 1 N–H and O–H groups in total. The Balaban J connectivity index is 1.87. The van der Waals surface area contributed by atoms with Crippen molar-refractivity contribution < 1.29 is 0 Å². The topological polar surface area (TPSA) is 12.0 Å². The number of fused-ring (bicyclic) bond motifs is 1. The minimum atomic E-state index is -0.262. The van der Waals surface area contributed by atoms with Gasteiger partial charge in [0, 0.05) is 13.7 Å². The van der Waals surface area contributed by atoms with Crippen LogP contribution in [0.5, 0.6) is 0 Å². The summed E-state index contributed by atoms with van der Waals surface area (Å²) >= 11 is 0. The molecule has 0 saturated carbocycles. The molecule has 0 saturated heterocycles. The van der Waals surface area contributed by atoms with E-state index in [4.69, 9.17) is 0 Å². The van der Waals surface area contributed by atoms with Gasteiger partial charge < -0.3 is 0 Å². The van der Waals surface area contributed by atoms with Gasteiger partial charge in [0.15, 0.2) is 0 Å². The molecule has 1 aliphatic heterocycles. The van der Waals surface area contributed by atoms with Crippen LogP contribution in [0, 0.1) is 0 Å². The molecule has 1 unspecified atom stereocenters. The second kappa shape index (κ2) is 6.52. The van der Waals surface area contributed by atoms with Gasteiger partial charge >= 0.3 is 0 Å². The summed E-state index contributed by atoms with van der Waals surface area (Å²) < 4.78 is 0. The number of hydrogen-bond acceptors (Lipinski definition) is 1. The van der Waals surface area contributed by atoms with Crippen molar-refractivity contribution in [3.8, 4) is 0 Å². The van der Waals surface area contributed by atoms with Gasteiger partial charge in [-0.25, -0.2) is 0 Å². The Bertz CT molecular complexity index is 552. The molecule has 0 radical (unpaired) electrons. The molecule has 2 aromatic rings. The number of nitrogens with one attached hydrogen (secondary N) is 1. The maximum atomic E-state index is 3.85. The van der Waals surface area contributed by atoms with Gasteiger partial charge in [0.2, 0.25) is 0 Å². The summed E-state index contributed by atoms with van der Waals surface area (Å²) in [5.74, 6) is 0. The molecular formula is C18H22NP. The van der Waals surface area contributed by atoms with Crippen molar-refractivity contribution in [1.29, 1.82) is 0 Å². The van der Waals surface area contributed by atoms with Crippen LogP contribution in [0.4, 0.5) is 0 Å². The van der Waals surface area contributed by atoms with Crippen LogP contribution < -0.4 is 10.4 Å². The summed E-state index contributed by atoms with van der Waals surface area (Å²) in [5.41, 5.74) is 3.66. The van der Waals surface area contributed by atoms with E-state index in [1.807, 2.05) is 0 Å². The Morgan fingerprint density at radius 3 is 2.60 bits per heavy atom. The van der Waals surface area contributed by atoms with Crippen LogP contribution in [0.15, 0.2) is 54.6 Å². The summed E-state index contributed by atoms with van der Waals surface area (Å²) in [4.78, 5) is 0. The van der Waals surface area contributed by atoms with Gasteiger partial charge in [0.05, 0.1) is 0 Å². The van der Waals surface area contributed by atoms with Crippen LogP contribution in [0.2, 0.25) is 0 Å².